The number of anilines is 2. The molecule has 3 rings (SSSR count). The van der Waals surface area contributed by atoms with Crippen molar-refractivity contribution >= 4 is 17.3 Å². The van der Waals surface area contributed by atoms with Gasteiger partial charge in [0, 0.05) is 25.0 Å². The van der Waals surface area contributed by atoms with Crippen molar-refractivity contribution in [2.45, 2.75) is 33.1 Å². The molecular formula is C20H25N3O. The van der Waals surface area contributed by atoms with Gasteiger partial charge in [0.1, 0.15) is 0 Å². The van der Waals surface area contributed by atoms with E-state index in [9.17, 15) is 4.79 Å². The number of aromatic nitrogens is 1. The standard InChI is InChI=1S/C20H25N3O/c1-3-16-8-4-5-9-19(16)22-20(24)17-11-18(13-21-12-17)23-10-6-7-15(2)14-23/h4-5,8-9,11-13,15H,3,6-7,10,14H2,1-2H3,(H,22,24). The molecule has 4 heteroatoms. The highest BCUT2D eigenvalue weighted by Crippen LogP contribution is 2.23. The number of hydrogen-bond donors (Lipinski definition) is 1. The molecule has 0 saturated carbocycles. The Balaban J connectivity index is 1.77. The smallest absolute Gasteiger partial charge is 0.257 e. The summed E-state index contributed by atoms with van der Waals surface area (Å²) in [6.45, 7) is 6.43. The molecule has 1 atom stereocenters. The van der Waals surface area contributed by atoms with Crippen LogP contribution < -0.4 is 10.2 Å². The molecule has 1 saturated heterocycles. The maximum absolute atomic E-state index is 12.6. The fraction of sp³-hybridized carbons (Fsp3) is 0.400. The highest BCUT2D eigenvalue weighted by molar-refractivity contribution is 6.05. The summed E-state index contributed by atoms with van der Waals surface area (Å²) < 4.78 is 0. The zero-order chi connectivity index (χ0) is 16.9. The molecule has 1 aromatic heterocycles. The average Bonchev–Trinajstić information content (AvgIpc) is 2.62. The molecule has 126 valence electrons. The third-order valence-corrected chi connectivity index (χ3v) is 4.65. The van der Waals surface area contributed by atoms with Crippen LogP contribution in [0.25, 0.3) is 0 Å². The largest absolute Gasteiger partial charge is 0.370 e. The molecule has 1 aliphatic heterocycles. The Kier molecular flexibility index (Phi) is 5.14. The number of carbonyl (C=O) groups is 1. The SMILES string of the molecule is CCc1ccccc1NC(=O)c1cncc(N2CCCC(C)C2)c1. The zero-order valence-corrected chi connectivity index (χ0v) is 14.5. The molecule has 0 spiro atoms. The van der Waals surface area contributed by atoms with Crippen molar-refractivity contribution in [1.82, 2.24) is 4.98 Å². The second kappa shape index (κ2) is 7.47. The Bertz CT molecular complexity index is 714. The van der Waals surface area contributed by atoms with E-state index in [4.69, 9.17) is 0 Å². The van der Waals surface area contributed by atoms with Gasteiger partial charge < -0.3 is 10.2 Å². The summed E-state index contributed by atoms with van der Waals surface area (Å²) in [5.41, 5.74) is 3.66. The topological polar surface area (TPSA) is 45.2 Å². The number of piperidine rings is 1. The molecule has 1 aliphatic rings. The lowest BCUT2D eigenvalue weighted by atomic mass is 10.00. The van der Waals surface area contributed by atoms with Gasteiger partial charge in [-0.2, -0.15) is 0 Å². The number of para-hydroxylation sites is 1. The molecule has 1 N–H and O–H groups in total. The van der Waals surface area contributed by atoms with Crippen LogP contribution in [0.4, 0.5) is 11.4 Å². The monoisotopic (exact) mass is 323 g/mol. The average molecular weight is 323 g/mol. The third-order valence-electron chi connectivity index (χ3n) is 4.65. The van der Waals surface area contributed by atoms with Crippen molar-refractivity contribution in [2.75, 3.05) is 23.3 Å². The highest BCUT2D eigenvalue weighted by Gasteiger charge is 2.18. The van der Waals surface area contributed by atoms with Crippen LogP contribution >= 0.6 is 0 Å². The molecule has 1 aromatic carbocycles. The van der Waals surface area contributed by atoms with Crippen molar-refractivity contribution in [1.29, 1.82) is 0 Å². The maximum Gasteiger partial charge on any atom is 0.257 e. The predicted molar refractivity (Wildman–Crippen MR) is 98.6 cm³/mol. The summed E-state index contributed by atoms with van der Waals surface area (Å²) in [4.78, 5) is 19.2. The molecule has 0 aliphatic carbocycles. The normalized spacial score (nSPS) is 17.6. The summed E-state index contributed by atoms with van der Waals surface area (Å²) in [6, 6.07) is 9.88. The molecule has 2 aromatic rings. The molecule has 0 bridgehead atoms. The Morgan fingerprint density at radius 2 is 2.17 bits per heavy atom. The van der Waals surface area contributed by atoms with E-state index in [2.05, 4.69) is 29.0 Å². The maximum atomic E-state index is 12.6. The van der Waals surface area contributed by atoms with Gasteiger partial charge in [0.15, 0.2) is 0 Å². The van der Waals surface area contributed by atoms with E-state index in [1.54, 1.807) is 6.20 Å². The van der Waals surface area contributed by atoms with Crippen LogP contribution in [0.3, 0.4) is 0 Å². The zero-order valence-electron chi connectivity index (χ0n) is 14.5. The van der Waals surface area contributed by atoms with Gasteiger partial charge in [-0.1, -0.05) is 32.0 Å². The molecular weight excluding hydrogens is 298 g/mol. The van der Waals surface area contributed by atoms with E-state index in [0.29, 0.717) is 11.5 Å². The number of aryl methyl sites for hydroxylation is 1. The second-order valence-corrected chi connectivity index (χ2v) is 6.59. The van der Waals surface area contributed by atoms with Crippen LogP contribution in [0.5, 0.6) is 0 Å². The van der Waals surface area contributed by atoms with E-state index in [-0.39, 0.29) is 5.91 Å². The van der Waals surface area contributed by atoms with Crippen molar-refractivity contribution < 1.29 is 4.79 Å². The van der Waals surface area contributed by atoms with Gasteiger partial charge in [-0.05, 0) is 42.9 Å². The van der Waals surface area contributed by atoms with Crippen molar-refractivity contribution in [3.8, 4) is 0 Å². The number of carbonyl (C=O) groups excluding carboxylic acids is 1. The third kappa shape index (κ3) is 3.75. The van der Waals surface area contributed by atoms with E-state index in [1.807, 2.05) is 36.5 Å². The Morgan fingerprint density at radius 1 is 1.33 bits per heavy atom. The number of hydrogen-bond acceptors (Lipinski definition) is 3. The lowest BCUT2D eigenvalue weighted by Gasteiger charge is -2.32. The highest BCUT2D eigenvalue weighted by atomic mass is 16.1. The minimum Gasteiger partial charge on any atom is -0.370 e. The molecule has 2 heterocycles. The van der Waals surface area contributed by atoms with Crippen molar-refractivity contribution in [3.63, 3.8) is 0 Å². The molecule has 1 amide bonds. The van der Waals surface area contributed by atoms with E-state index >= 15 is 0 Å². The van der Waals surface area contributed by atoms with E-state index in [0.717, 1.165) is 36.4 Å². The molecule has 1 unspecified atom stereocenters. The number of benzene rings is 1. The Hall–Kier alpha value is -2.36. The minimum absolute atomic E-state index is 0.102. The van der Waals surface area contributed by atoms with Gasteiger partial charge in [0.25, 0.3) is 5.91 Å². The van der Waals surface area contributed by atoms with Gasteiger partial charge in [-0.15, -0.1) is 0 Å². The first-order valence-electron chi connectivity index (χ1n) is 8.76. The van der Waals surface area contributed by atoms with Gasteiger partial charge in [0.05, 0.1) is 17.4 Å². The number of nitrogens with one attached hydrogen (secondary N) is 1. The van der Waals surface area contributed by atoms with Crippen LogP contribution in [-0.4, -0.2) is 24.0 Å². The first kappa shape index (κ1) is 16.5. The summed E-state index contributed by atoms with van der Waals surface area (Å²) >= 11 is 0. The molecule has 1 fully saturated rings. The van der Waals surface area contributed by atoms with Crippen molar-refractivity contribution in [3.05, 3.63) is 53.9 Å². The fourth-order valence-corrected chi connectivity index (χ4v) is 3.29. The first-order chi connectivity index (χ1) is 11.7. The van der Waals surface area contributed by atoms with Gasteiger partial charge in [0.2, 0.25) is 0 Å². The predicted octanol–water partition coefficient (Wildman–Crippen LogP) is 4.13. The Morgan fingerprint density at radius 3 is 2.96 bits per heavy atom. The number of nitrogens with zero attached hydrogens (tertiary/aromatic N) is 2. The molecule has 24 heavy (non-hydrogen) atoms. The van der Waals surface area contributed by atoms with E-state index in [1.165, 1.54) is 12.8 Å². The summed E-state index contributed by atoms with van der Waals surface area (Å²) in [7, 11) is 0. The molecule has 4 nitrogen and oxygen atoms in total. The summed E-state index contributed by atoms with van der Waals surface area (Å²) in [5.74, 6) is 0.586. The minimum atomic E-state index is -0.102. The van der Waals surface area contributed by atoms with E-state index < -0.39 is 0 Å². The fourth-order valence-electron chi connectivity index (χ4n) is 3.29. The van der Waals surface area contributed by atoms with Gasteiger partial charge in [-0.3, -0.25) is 9.78 Å². The quantitative estimate of drug-likeness (QED) is 0.920. The van der Waals surface area contributed by atoms with Gasteiger partial charge in [-0.25, -0.2) is 0 Å². The number of rotatable bonds is 4. The Labute approximate surface area is 143 Å². The first-order valence-corrected chi connectivity index (χ1v) is 8.76. The summed E-state index contributed by atoms with van der Waals surface area (Å²) in [6.07, 6.45) is 6.86. The summed E-state index contributed by atoms with van der Waals surface area (Å²) in [5, 5.41) is 3.02. The second-order valence-electron chi connectivity index (χ2n) is 6.59. The lowest BCUT2D eigenvalue weighted by molar-refractivity contribution is 0.102. The van der Waals surface area contributed by atoms with Crippen LogP contribution in [0, 0.1) is 5.92 Å². The lowest BCUT2D eigenvalue weighted by Crippen LogP contribution is -2.34. The van der Waals surface area contributed by atoms with Crippen LogP contribution in [0.1, 0.15) is 42.6 Å². The van der Waals surface area contributed by atoms with Crippen LogP contribution in [0.15, 0.2) is 42.7 Å². The number of amides is 1. The molecule has 0 radical (unpaired) electrons. The van der Waals surface area contributed by atoms with Crippen molar-refractivity contribution in [2.24, 2.45) is 5.92 Å². The van der Waals surface area contributed by atoms with Crippen LogP contribution in [-0.2, 0) is 6.42 Å². The van der Waals surface area contributed by atoms with Crippen LogP contribution in [0.2, 0.25) is 0 Å². The number of pyridine rings is 1. The van der Waals surface area contributed by atoms with Gasteiger partial charge >= 0.3 is 0 Å².